The second-order valence-electron chi connectivity index (χ2n) is 5.12. The van der Waals surface area contributed by atoms with Crippen LogP contribution in [-0.2, 0) is 0 Å². The fourth-order valence-corrected chi connectivity index (χ4v) is 3.12. The zero-order valence-corrected chi connectivity index (χ0v) is 10.2. The van der Waals surface area contributed by atoms with Crippen LogP contribution in [0.1, 0.15) is 23.2 Å². The number of hydrogen-bond donors (Lipinski definition) is 1. The van der Waals surface area contributed by atoms with Crippen LogP contribution in [-0.4, -0.2) is 36.5 Å². The summed E-state index contributed by atoms with van der Waals surface area (Å²) >= 11 is 0. The zero-order chi connectivity index (χ0) is 12.5. The smallest absolute Gasteiger partial charge is 0.254 e. The number of hydrogen-bond acceptors (Lipinski definition) is 2. The lowest BCUT2D eigenvalue weighted by atomic mass is 9.94. The highest BCUT2D eigenvalue weighted by molar-refractivity contribution is 5.94. The van der Waals surface area contributed by atoms with Crippen LogP contribution in [0.15, 0.2) is 24.3 Å². The van der Waals surface area contributed by atoms with E-state index in [0.717, 1.165) is 32.5 Å². The third-order valence-electron chi connectivity index (χ3n) is 4.04. The summed E-state index contributed by atoms with van der Waals surface area (Å²) in [6.07, 6.45) is 2.06. The van der Waals surface area contributed by atoms with E-state index in [0.29, 0.717) is 17.5 Å². The van der Waals surface area contributed by atoms with Gasteiger partial charge in [-0.25, -0.2) is 4.39 Å². The van der Waals surface area contributed by atoms with Crippen molar-refractivity contribution in [3.05, 3.63) is 35.6 Å². The van der Waals surface area contributed by atoms with E-state index in [1.54, 1.807) is 12.1 Å². The lowest BCUT2D eigenvalue weighted by Crippen LogP contribution is -2.45. The van der Waals surface area contributed by atoms with E-state index in [9.17, 15) is 9.18 Å². The molecule has 2 aliphatic heterocycles. The van der Waals surface area contributed by atoms with Crippen molar-refractivity contribution in [2.75, 3.05) is 19.6 Å². The molecule has 2 atom stereocenters. The molecule has 0 aliphatic carbocycles. The van der Waals surface area contributed by atoms with Crippen molar-refractivity contribution in [1.82, 2.24) is 10.2 Å². The predicted molar refractivity (Wildman–Crippen MR) is 66.8 cm³/mol. The average molecular weight is 248 g/mol. The first kappa shape index (κ1) is 11.7. The number of piperidine rings is 1. The molecule has 0 saturated carbocycles. The van der Waals surface area contributed by atoms with E-state index >= 15 is 0 Å². The summed E-state index contributed by atoms with van der Waals surface area (Å²) < 4.78 is 13.2. The van der Waals surface area contributed by atoms with Gasteiger partial charge in [0.2, 0.25) is 0 Å². The molecule has 2 saturated heterocycles. The Labute approximate surface area is 106 Å². The lowest BCUT2D eigenvalue weighted by molar-refractivity contribution is 0.0697. The Bertz CT molecular complexity index is 463. The van der Waals surface area contributed by atoms with Crippen molar-refractivity contribution < 1.29 is 9.18 Å². The normalized spacial score (nSPS) is 27.1. The quantitative estimate of drug-likeness (QED) is 0.819. The van der Waals surface area contributed by atoms with Gasteiger partial charge in [0, 0.05) is 18.2 Å². The van der Waals surface area contributed by atoms with Crippen molar-refractivity contribution in [2.24, 2.45) is 5.92 Å². The van der Waals surface area contributed by atoms with Gasteiger partial charge in [-0.05, 0) is 50.0 Å². The Balaban J connectivity index is 1.80. The molecule has 18 heavy (non-hydrogen) atoms. The third-order valence-corrected chi connectivity index (χ3v) is 4.04. The third kappa shape index (κ3) is 2.01. The Morgan fingerprint density at radius 1 is 1.39 bits per heavy atom. The lowest BCUT2D eigenvalue weighted by Gasteiger charge is -2.32. The highest BCUT2D eigenvalue weighted by Gasteiger charge is 2.38. The van der Waals surface area contributed by atoms with E-state index in [4.69, 9.17) is 0 Å². The Morgan fingerprint density at radius 2 is 2.28 bits per heavy atom. The van der Waals surface area contributed by atoms with Gasteiger partial charge in [0.05, 0.1) is 0 Å². The minimum absolute atomic E-state index is 0.0242. The average Bonchev–Trinajstić information content (AvgIpc) is 2.82. The number of likely N-dealkylation sites (tertiary alicyclic amines) is 1. The number of halogens is 1. The van der Waals surface area contributed by atoms with E-state index in [-0.39, 0.29) is 11.7 Å². The summed E-state index contributed by atoms with van der Waals surface area (Å²) in [5.74, 6) is 0.196. The Kier molecular flexibility index (Phi) is 3.04. The first-order valence-corrected chi connectivity index (χ1v) is 6.53. The number of rotatable bonds is 1. The molecular weight excluding hydrogens is 231 g/mol. The minimum atomic E-state index is -0.345. The summed E-state index contributed by atoms with van der Waals surface area (Å²) in [5.41, 5.74) is 0.467. The molecule has 1 aromatic rings. The van der Waals surface area contributed by atoms with Gasteiger partial charge in [0.15, 0.2) is 0 Å². The van der Waals surface area contributed by atoms with Gasteiger partial charge in [0.25, 0.3) is 5.91 Å². The number of carbonyl (C=O) groups excluding carboxylic acids is 1. The van der Waals surface area contributed by atoms with Gasteiger partial charge in [-0.2, -0.15) is 0 Å². The molecular formula is C14H17FN2O. The van der Waals surface area contributed by atoms with Crippen molar-refractivity contribution >= 4 is 5.91 Å². The van der Waals surface area contributed by atoms with Gasteiger partial charge in [-0.3, -0.25) is 4.79 Å². The molecule has 2 aliphatic rings. The molecule has 2 heterocycles. The second kappa shape index (κ2) is 4.69. The molecule has 0 bridgehead atoms. The summed E-state index contributed by atoms with van der Waals surface area (Å²) in [6, 6.07) is 6.32. The van der Waals surface area contributed by atoms with Crippen LogP contribution in [0.3, 0.4) is 0 Å². The zero-order valence-electron chi connectivity index (χ0n) is 10.2. The van der Waals surface area contributed by atoms with E-state index in [2.05, 4.69) is 5.32 Å². The molecule has 0 aromatic heterocycles. The van der Waals surface area contributed by atoms with E-state index in [1.165, 1.54) is 12.1 Å². The Hall–Kier alpha value is -1.42. The first-order chi connectivity index (χ1) is 8.75. The van der Waals surface area contributed by atoms with Crippen LogP contribution in [0.5, 0.6) is 0 Å². The van der Waals surface area contributed by atoms with Crippen molar-refractivity contribution in [1.29, 1.82) is 0 Å². The fourth-order valence-electron chi connectivity index (χ4n) is 3.12. The van der Waals surface area contributed by atoms with Crippen LogP contribution in [0, 0.1) is 11.7 Å². The second-order valence-corrected chi connectivity index (χ2v) is 5.12. The molecule has 1 N–H and O–H groups in total. The maximum Gasteiger partial charge on any atom is 0.254 e. The molecule has 2 fully saturated rings. The molecule has 1 aromatic carbocycles. The number of carbonyl (C=O) groups is 1. The van der Waals surface area contributed by atoms with Gasteiger partial charge < -0.3 is 10.2 Å². The predicted octanol–water partition coefficient (Wildman–Crippen LogP) is 1.65. The number of amides is 1. The van der Waals surface area contributed by atoms with E-state index < -0.39 is 0 Å². The largest absolute Gasteiger partial charge is 0.335 e. The summed E-state index contributed by atoms with van der Waals surface area (Å²) in [4.78, 5) is 14.3. The maximum absolute atomic E-state index is 13.2. The molecule has 0 radical (unpaired) electrons. The molecule has 96 valence electrons. The topological polar surface area (TPSA) is 32.3 Å². The van der Waals surface area contributed by atoms with Crippen molar-refractivity contribution in [3.8, 4) is 0 Å². The molecule has 2 unspecified atom stereocenters. The number of fused-ring (bicyclic) bond motifs is 1. The van der Waals surface area contributed by atoms with Gasteiger partial charge >= 0.3 is 0 Å². The van der Waals surface area contributed by atoms with E-state index in [1.807, 2.05) is 4.90 Å². The highest BCUT2D eigenvalue weighted by atomic mass is 19.1. The number of benzene rings is 1. The van der Waals surface area contributed by atoms with Crippen LogP contribution in [0.4, 0.5) is 4.39 Å². The van der Waals surface area contributed by atoms with Crippen LogP contribution in [0.25, 0.3) is 0 Å². The van der Waals surface area contributed by atoms with Crippen LogP contribution in [0.2, 0.25) is 0 Å². The Morgan fingerprint density at radius 3 is 3.11 bits per heavy atom. The maximum atomic E-state index is 13.2. The summed E-state index contributed by atoms with van der Waals surface area (Å²) in [5, 5.41) is 3.37. The highest BCUT2D eigenvalue weighted by Crippen LogP contribution is 2.29. The van der Waals surface area contributed by atoms with Gasteiger partial charge in [-0.1, -0.05) is 6.07 Å². The summed E-state index contributed by atoms with van der Waals surface area (Å²) in [7, 11) is 0. The van der Waals surface area contributed by atoms with Crippen LogP contribution >= 0.6 is 0 Å². The minimum Gasteiger partial charge on any atom is -0.335 e. The first-order valence-electron chi connectivity index (χ1n) is 6.53. The monoisotopic (exact) mass is 248 g/mol. The number of nitrogens with one attached hydrogen (secondary N) is 1. The molecule has 0 spiro atoms. The fraction of sp³-hybridized carbons (Fsp3) is 0.500. The molecule has 3 nitrogen and oxygen atoms in total. The van der Waals surface area contributed by atoms with Crippen molar-refractivity contribution in [3.63, 3.8) is 0 Å². The molecule has 1 amide bonds. The standard InChI is InChI=1S/C14H17FN2O/c15-12-3-1-2-10(8-12)14(18)17-7-5-11-9-16-6-4-13(11)17/h1-3,8,11,13,16H,4-7,9H2. The molecule has 3 rings (SSSR count). The van der Waals surface area contributed by atoms with Gasteiger partial charge in [-0.15, -0.1) is 0 Å². The SMILES string of the molecule is O=C(c1cccc(F)c1)N1CCC2CNCCC21. The van der Waals surface area contributed by atoms with Gasteiger partial charge in [0.1, 0.15) is 5.82 Å². The number of nitrogens with zero attached hydrogens (tertiary/aromatic N) is 1. The molecule has 4 heteroatoms. The van der Waals surface area contributed by atoms with Crippen LogP contribution < -0.4 is 5.32 Å². The summed E-state index contributed by atoms with van der Waals surface area (Å²) in [6.45, 7) is 2.76. The van der Waals surface area contributed by atoms with Crippen molar-refractivity contribution in [2.45, 2.75) is 18.9 Å².